The van der Waals surface area contributed by atoms with Crippen LogP contribution in [0.25, 0.3) is 0 Å². The summed E-state index contributed by atoms with van der Waals surface area (Å²) in [6.45, 7) is 1.83. The van der Waals surface area contributed by atoms with Crippen molar-refractivity contribution in [2.24, 2.45) is 0 Å². The maximum absolute atomic E-state index is 11.7. The SMILES string of the molecule is CNC(=O)CNC(=O)c1cccc(Br)c1C. The van der Waals surface area contributed by atoms with Crippen LogP contribution in [0.15, 0.2) is 22.7 Å². The van der Waals surface area contributed by atoms with E-state index in [9.17, 15) is 9.59 Å². The van der Waals surface area contributed by atoms with Crippen LogP contribution in [-0.2, 0) is 4.79 Å². The molecule has 0 bridgehead atoms. The zero-order chi connectivity index (χ0) is 12.1. The van der Waals surface area contributed by atoms with Crippen molar-refractivity contribution < 1.29 is 9.59 Å². The minimum atomic E-state index is -0.248. The average Bonchev–Trinajstić information content (AvgIpc) is 2.29. The second kappa shape index (κ2) is 5.65. The topological polar surface area (TPSA) is 58.2 Å². The quantitative estimate of drug-likeness (QED) is 0.877. The van der Waals surface area contributed by atoms with Gasteiger partial charge in [0.1, 0.15) is 0 Å². The van der Waals surface area contributed by atoms with Gasteiger partial charge in [0.15, 0.2) is 0 Å². The number of hydrogen-bond donors (Lipinski definition) is 2. The summed E-state index contributed by atoms with van der Waals surface area (Å²) < 4.78 is 0.875. The lowest BCUT2D eigenvalue weighted by molar-refractivity contribution is -0.119. The molecular weight excluding hydrogens is 272 g/mol. The van der Waals surface area contributed by atoms with E-state index >= 15 is 0 Å². The highest BCUT2D eigenvalue weighted by atomic mass is 79.9. The molecule has 0 aromatic heterocycles. The van der Waals surface area contributed by atoms with Crippen LogP contribution in [0.3, 0.4) is 0 Å². The van der Waals surface area contributed by atoms with Gasteiger partial charge in [-0.2, -0.15) is 0 Å². The van der Waals surface area contributed by atoms with Gasteiger partial charge < -0.3 is 10.6 Å². The number of hydrogen-bond acceptors (Lipinski definition) is 2. The van der Waals surface area contributed by atoms with Gasteiger partial charge in [0.05, 0.1) is 6.54 Å². The minimum absolute atomic E-state index is 0.0126. The maximum atomic E-state index is 11.7. The second-order valence-corrected chi connectivity index (χ2v) is 4.12. The highest BCUT2D eigenvalue weighted by Crippen LogP contribution is 2.19. The van der Waals surface area contributed by atoms with Crippen molar-refractivity contribution in [3.63, 3.8) is 0 Å². The molecule has 4 nitrogen and oxygen atoms in total. The van der Waals surface area contributed by atoms with Gasteiger partial charge in [0, 0.05) is 17.1 Å². The summed E-state index contributed by atoms with van der Waals surface area (Å²) in [6.07, 6.45) is 0. The van der Waals surface area contributed by atoms with Crippen LogP contribution in [0.1, 0.15) is 15.9 Å². The molecule has 0 saturated carbocycles. The summed E-state index contributed by atoms with van der Waals surface area (Å²) in [6, 6.07) is 5.37. The fourth-order valence-electron chi connectivity index (χ4n) is 1.20. The van der Waals surface area contributed by atoms with Crippen molar-refractivity contribution in [2.45, 2.75) is 6.92 Å². The zero-order valence-electron chi connectivity index (χ0n) is 9.13. The third-order valence-corrected chi connectivity index (χ3v) is 3.06. The number of nitrogens with one attached hydrogen (secondary N) is 2. The molecule has 2 N–H and O–H groups in total. The smallest absolute Gasteiger partial charge is 0.252 e. The van der Waals surface area contributed by atoms with Gasteiger partial charge in [0.2, 0.25) is 5.91 Å². The summed E-state index contributed by atoms with van der Waals surface area (Å²) in [5, 5.41) is 4.98. The molecule has 0 heterocycles. The molecule has 1 rings (SSSR count). The van der Waals surface area contributed by atoms with Gasteiger partial charge in [-0.25, -0.2) is 0 Å². The Morgan fingerprint density at radius 2 is 2.06 bits per heavy atom. The summed E-state index contributed by atoms with van der Waals surface area (Å²) in [7, 11) is 1.53. The number of carbonyl (C=O) groups is 2. The average molecular weight is 285 g/mol. The summed E-state index contributed by atoms with van der Waals surface area (Å²) in [4.78, 5) is 22.7. The van der Waals surface area contributed by atoms with Gasteiger partial charge in [-0.1, -0.05) is 22.0 Å². The van der Waals surface area contributed by atoms with E-state index in [0.29, 0.717) is 5.56 Å². The number of benzene rings is 1. The molecule has 0 spiro atoms. The predicted molar refractivity (Wildman–Crippen MR) is 65.3 cm³/mol. The summed E-state index contributed by atoms with van der Waals surface area (Å²) in [5.74, 6) is -0.469. The molecule has 16 heavy (non-hydrogen) atoms. The largest absolute Gasteiger partial charge is 0.358 e. The molecular formula is C11H13BrN2O2. The van der Waals surface area contributed by atoms with Crippen LogP contribution >= 0.6 is 15.9 Å². The van der Waals surface area contributed by atoms with Crippen molar-refractivity contribution in [3.05, 3.63) is 33.8 Å². The molecule has 0 aliphatic heterocycles. The highest BCUT2D eigenvalue weighted by molar-refractivity contribution is 9.10. The van der Waals surface area contributed by atoms with E-state index < -0.39 is 0 Å². The van der Waals surface area contributed by atoms with E-state index in [0.717, 1.165) is 10.0 Å². The molecule has 86 valence electrons. The summed E-state index contributed by atoms with van der Waals surface area (Å²) in [5.41, 5.74) is 1.43. The van der Waals surface area contributed by atoms with Crippen LogP contribution in [0.4, 0.5) is 0 Å². The van der Waals surface area contributed by atoms with Crippen LogP contribution in [0.2, 0.25) is 0 Å². The molecule has 1 aromatic carbocycles. The zero-order valence-corrected chi connectivity index (χ0v) is 10.7. The van der Waals surface area contributed by atoms with E-state index in [4.69, 9.17) is 0 Å². The summed E-state index contributed by atoms with van der Waals surface area (Å²) >= 11 is 3.35. The van der Waals surface area contributed by atoms with Gasteiger partial charge in [-0.15, -0.1) is 0 Å². The molecule has 0 aliphatic carbocycles. The first kappa shape index (κ1) is 12.7. The number of carbonyl (C=O) groups excluding carboxylic acids is 2. The van der Waals surface area contributed by atoms with E-state index in [1.807, 2.05) is 13.0 Å². The maximum Gasteiger partial charge on any atom is 0.252 e. The van der Waals surface area contributed by atoms with E-state index in [1.165, 1.54) is 7.05 Å². The first-order chi connectivity index (χ1) is 7.56. The van der Waals surface area contributed by atoms with E-state index in [-0.39, 0.29) is 18.4 Å². The van der Waals surface area contributed by atoms with E-state index in [1.54, 1.807) is 12.1 Å². The number of amides is 2. The van der Waals surface area contributed by atoms with Crippen LogP contribution in [0, 0.1) is 6.92 Å². The minimum Gasteiger partial charge on any atom is -0.358 e. The normalized spacial score (nSPS) is 9.69. The monoisotopic (exact) mass is 284 g/mol. The fourth-order valence-corrected chi connectivity index (χ4v) is 1.56. The highest BCUT2D eigenvalue weighted by Gasteiger charge is 2.11. The predicted octanol–water partition coefficient (Wildman–Crippen LogP) is 1.23. The molecule has 0 atom stereocenters. The first-order valence-electron chi connectivity index (χ1n) is 4.80. The van der Waals surface area contributed by atoms with Gasteiger partial charge >= 0.3 is 0 Å². The Kier molecular flexibility index (Phi) is 4.49. The fraction of sp³-hybridized carbons (Fsp3) is 0.273. The Morgan fingerprint density at radius 3 is 2.69 bits per heavy atom. The van der Waals surface area contributed by atoms with Crippen molar-refractivity contribution in [3.8, 4) is 0 Å². The lowest BCUT2D eigenvalue weighted by Gasteiger charge is -2.08. The lowest BCUT2D eigenvalue weighted by atomic mass is 10.1. The van der Waals surface area contributed by atoms with Crippen molar-refractivity contribution >= 4 is 27.7 Å². The van der Waals surface area contributed by atoms with Gasteiger partial charge in [-0.05, 0) is 24.6 Å². The molecule has 0 saturated heterocycles. The standard InChI is InChI=1S/C11H13BrN2O2/c1-7-8(4-3-5-9(7)12)11(16)14-6-10(15)13-2/h3-5H,6H2,1-2H3,(H,13,15)(H,14,16). The third kappa shape index (κ3) is 3.06. The molecule has 2 amide bonds. The number of halogens is 1. The Balaban J connectivity index is 2.74. The molecule has 0 fully saturated rings. The Labute approximate surface area is 103 Å². The molecule has 0 radical (unpaired) electrons. The van der Waals surface area contributed by atoms with Crippen LogP contribution < -0.4 is 10.6 Å². The Hall–Kier alpha value is -1.36. The van der Waals surface area contributed by atoms with Crippen molar-refractivity contribution in [1.29, 1.82) is 0 Å². The van der Waals surface area contributed by atoms with Crippen molar-refractivity contribution in [2.75, 3.05) is 13.6 Å². The molecule has 0 aliphatic rings. The van der Waals surface area contributed by atoms with Crippen molar-refractivity contribution in [1.82, 2.24) is 10.6 Å². The molecule has 5 heteroatoms. The first-order valence-corrected chi connectivity index (χ1v) is 5.59. The Morgan fingerprint density at radius 1 is 1.38 bits per heavy atom. The Bertz CT molecular complexity index is 418. The molecule has 1 aromatic rings. The second-order valence-electron chi connectivity index (χ2n) is 3.27. The molecule has 0 unspecified atom stereocenters. The third-order valence-electron chi connectivity index (χ3n) is 2.20. The van der Waals surface area contributed by atoms with Crippen LogP contribution in [0.5, 0.6) is 0 Å². The number of likely N-dealkylation sites (N-methyl/N-ethyl adjacent to an activating group) is 1. The van der Waals surface area contributed by atoms with Crippen LogP contribution in [-0.4, -0.2) is 25.4 Å². The van der Waals surface area contributed by atoms with Gasteiger partial charge in [0.25, 0.3) is 5.91 Å². The van der Waals surface area contributed by atoms with Gasteiger partial charge in [-0.3, -0.25) is 9.59 Å². The van der Waals surface area contributed by atoms with E-state index in [2.05, 4.69) is 26.6 Å². The lowest BCUT2D eigenvalue weighted by Crippen LogP contribution is -2.35. The number of rotatable bonds is 3.